The van der Waals surface area contributed by atoms with Gasteiger partial charge in [-0.25, -0.2) is 0 Å². The summed E-state index contributed by atoms with van der Waals surface area (Å²) < 4.78 is 0. The van der Waals surface area contributed by atoms with Gasteiger partial charge in [0.2, 0.25) is 5.91 Å². The van der Waals surface area contributed by atoms with Crippen LogP contribution < -0.4 is 0 Å². The maximum atomic E-state index is 12.2. The van der Waals surface area contributed by atoms with Crippen molar-refractivity contribution >= 4 is 5.91 Å². The van der Waals surface area contributed by atoms with Gasteiger partial charge >= 0.3 is 0 Å². The Kier molecular flexibility index (Phi) is 5.30. The molecule has 94 valence electrons. The summed E-state index contributed by atoms with van der Waals surface area (Å²) in [6.45, 7) is 6.55. The molecule has 0 bridgehead atoms. The monoisotopic (exact) mass is 225 g/mol. The molecule has 1 aliphatic rings. The van der Waals surface area contributed by atoms with Gasteiger partial charge in [0.25, 0.3) is 0 Å². The van der Waals surface area contributed by atoms with Gasteiger partial charge in [-0.05, 0) is 44.4 Å². The zero-order chi connectivity index (χ0) is 12.1. The average molecular weight is 225 g/mol. The molecule has 0 spiro atoms. The van der Waals surface area contributed by atoms with Crippen molar-refractivity contribution in [2.24, 2.45) is 11.8 Å². The third kappa shape index (κ3) is 3.23. The summed E-state index contributed by atoms with van der Waals surface area (Å²) in [6, 6.07) is 0.504. The van der Waals surface area contributed by atoms with Crippen molar-refractivity contribution in [1.29, 1.82) is 0 Å². The Morgan fingerprint density at radius 2 is 1.69 bits per heavy atom. The Bertz CT molecular complexity index is 215. The van der Waals surface area contributed by atoms with Crippen LogP contribution in [0.4, 0.5) is 0 Å². The SMILES string of the molecule is CCC(CC)C(=O)N(C)C1CCC(C)CC1. The highest BCUT2D eigenvalue weighted by Crippen LogP contribution is 2.27. The predicted molar refractivity (Wildman–Crippen MR) is 68.3 cm³/mol. The van der Waals surface area contributed by atoms with Crippen LogP contribution in [0.1, 0.15) is 59.3 Å². The van der Waals surface area contributed by atoms with Crippen molar-refractivity contribution in [2.75, 3.05) is 7.05 Å². The van der Waals surface area contributed by atoms with Crippen LogP contribution in [0.3, 0.4) is 0 Å². The molecule has 2 nitrogen and oxygen atoms in total. The van der Waals surface area contributed by atoms with Crippen LogP contribution in [0.25, 0.3) is 0 Å². The molecular formula is C14H27NO. The lowest BCUT2D eigenvalue weighted by Crippen LogP contribution is -2.42. The van der Waals surface area contributed by atoms with Gasteiger partial charge in [0.1, 0.15) is 0 Å². The normalized spacial score (nSPS) is 25.8. The van der Waals surface area contributed by atoms with E-state index in [1.807, 2.05) is 11.9 Å². The first-order chi connectivity index (χ1) is 7.60. The number of rotatable bonds is 4. The standard InChI is InChI=1S/C14H27NO/c1-5-12(6-2)14(16)15(4)13-9-7-11(3)8-10-13/h11-13H,5-10H2,1-4H3. The van der Waals surface area contributed by atoms with Crippen molar-refractivity contribution in [3.05, 3.63) is 0 Å². The number of nitrogens with zero attached hydrogens (tertiary/aromatic N) is 1. The first-order valence-electron chi connectivity index (χ1n) is 6.86. The summed E-state index contributed by atoms with van der Waals surface area (Å²) in [5.41, 5.74) is 0. The third-order valence-electron chi connectivity index (χ3n) is 4.22. The van der Waals surface area contributed by atoms with Crippen LogP contribution in [-0.4, -0.2) is 23.9 Å². The molecule has 16 heavy (non-hydrogen) atoms. The van der Waals surface area contributed by atoms with Crippen LogP contribution in [0.15, 0.2) is 0 Å². The molecule has 0 saturated heterocycles. The molecule has 1 fully saturated rings. The molecule has 0 aromatic heterocycles. The first-order valence-corrected chi connectivity index (χ1v) is 6.86. The molecule has 0 atom stereocenters. The van der Waals surface area contributed by atoms with Gasteiger partial charge in [0.05, 0.1) is 0 Å². The highest BCUT2D eigenvalue weighted by atomic mass is 16.2. The van der Waals surface area contributed by atoms with E-state index in [0.717, 1.165) is 18.8 Å². The maximum Gasteiger partial charge on any atom is 0.225 e. The summed E-state index contributed by atoms with van der Waals surface area (Å²) in [5.74, 6) is 1.46. The molecule has 0 aromatic carbocycles. The van der Waals surface area contributed by atoms with Gasteiger partial charge < -0.3 is 4.90 Å². The van der Waals surface area contributed by atoms with E-state index in [2.05, 4.69) is 20.8 Å². The number of hydrogen-bond donors (Lipinski definition) is 0. The summed E-state index contributed by atoms with van der Waals surface area (Å²) in [6.07, 6.45) is 6.91. The smallest absolute Gasteiger partial charge is 0.225 e. The number of carbonyl (C=O) groups excluding carboxylic acids is 1. The van der Waals surface area contributed by atoms with Crippen molar-refractivity contribution < 1.29 is 4.79 Å². The molecule has 0 heterocycles. The average Bonchev–Trinajstić information content (AvgIpc) is 2.30. The second kappa shape index (κ2) is 6.27. The molecule has 1 saturated carbocycles. The van der Waals surface area contributed by atoms with Crippen LogP contribution >= 0.6 is 0 Å². The molecular weight excluding hydrogens is 198 g/mol. The number of carbonyl (C=O) groups is 1. The maximum absolute atomic E-state index is 12.2. The van der Waals surface area contributed by atoms with Gasteiger partial charge in [0.15, 0.2) is 0 Å². The van der Waals surface area contributed by atoms with Crippen molar-refractivity contribution in [3.63, 3.8) is 0 Å². The minimum absolute atomic E-state index is 0.240. The van der Waals surface area contributed by atoms with Crippen molar-refractivity contribution in [1.82, 2.24) is 4.90 Å². The second-order valence-corrected chi connectivity index (χ2v) is 5.38. The molecule has 1 rings (SSSR count). The fraction of sp³-hybridized carbons (Fsp3) is 0.929. The minimum Gasteiger partial charge on any atom is -0.343 e. The summed E-state index contributed by atoms with van der Waals surface area (Å²) in [5, 5.41) is 0. The van der Waals surface area contributed by atoms with Crippen molar-refractivity contribution in [3.8, 4) is 0 Å². The van der Waals surface area contributed by atoms with Crippen LogP contribution in [0.5, 0.6) is 0 Å². The van der Waals surface area contributed by atoms with E-state index in [9.17, 15) is 4.79 Å². The highest BCUT2D eigenvalue weighted by Gasteiger charge is 2.27. The summed E-state index contributed by atoms with van der Waals surface area (Å²) in [4.78, 5) is 14.2. The Morgan fingerprint density at radius 1 is 1.19 bits per heavy atom. The van der Waals surface area contributed by atoms with E-state index in [1.165, 1.54) is 25.7 Å². The van der Waals surface area contributed by atoms with Crippen LogP contribution in [-0.2, 0) is 4.79 Å². The lowest BCUT2D eigenvalue weighted by Gasteiger charge is -2.35. The van der Waals surface area contributed by atoms with E-state index in [1.54, 1.807) is 0 Å². The highest BCUT2D eigenvalue weighted by molar-refractivity contribution is 5.78. The zero-order valence-electron chi connectivity index (χ0n) is 11.3. The molecule has 2 heteroatoms. The van der Waals surface area contributed by atoms with Crippen molar-refractivity contribution in [2.45, 2.75) is 65.3 Å². The van der Waals surface area contributed by atoms with Crippen LogP contribution in [0, 0.1) is 11.8 Å². The molecule has 0 aliphatic heterocycles. The van der Waals surface area contributed by atoms with Crippen LogP contribution in [0.2, 0.25) is 0 Å². The quantitative estimate of drug-likeness (QED) is 0.717. The van der Waals surface area contributed by atoms with E-state index in [4.69, 9.17) is 0 Å². The Balaban J connectivity index is 2.50. The second-order valence-electron chi connectivity index (χ2n) is 5.38. The molecule has 0 unspecified atom stereocenters. The fourth-order valence-electron chi connectivity index (χ4n) is 2.74. The lowest BCUT2D eigenvalue weighted by molar-refractivity contribution is -0.137. The van der Waals surface area contributed by atoms with Gasteiger partial charge in [-0.3, -0.25) is 4.79 Å². The van der Waals surface area contributed by atoms with E-state index in [-0.39, 0.29) is 5.92 Å². The van der Waals surface area contributed by atoms with Gasteiger partial charge in [0, 0.05) is 19.0 Å². The minimum atomic E-state index is 0.240. The first kappa shape index (κ1) is 13.5. The number of amides is 1. The largest absolute Gasteiger partial charge is 0.343 e. The third-order valence-corrected chi connectivity index (χ3v) is 4.22. The topological polar surface area (TPSA) is 20.3 Å². The Labute approximate surface area is 100 Å². The van der Waals surface area contributed by atoms with Gasteiger partial charge in [-0.15, -0.1) is 0 Å². The van der Waals surface area contributed by atoms with E-state index >= 15 is 0 Å². The number of hydrogen-bond acceptors (Lipinski definition) is 1. The van der Waals surface area contributed by atoms with E-state index in [0.29, 0.717) is 11.9 Å². The predicted octanol–water partition coefficient (Wildman–Crippen LogP) is 3.46. The molecule has 0 aromatic rings. The summed E-state index contributed by atoms with van der Waals surface area (Å²) in [7, 11) is 2.00. The lowest BCUT2D eigenvalue weighted by atomic mass is 9.86. The zero-order valence-corrected chi connectivity index (χ0v) is 11.3. The van der Waals surface area contributed by atoms with Gasteiger partial charge in [-0.1, -0.05) is 20.8 Å². The fourth-order valence-corrected chi connectivity index (χ4v) is 2.74. The van der Waals surface area contributed by atoms with Gasteiger partial charge in [-0.2, -0.15) is 0 Å². The molecule has 1 amide bonds. The Hall–Kier alpha value is -0.530. The molecule has 1 aliphatic carbocycles. The van der Waals surface area contributed by atoms with E-state index < -0.39 is 0 Å². The Morgan fingerprint density at radius 3 is 2.12 bits per heavy atom. The summed E-state index contributed by atoms with van der Waals surface area (Å²) >= 11 is 0. The molecule has 0 N–H and O–H groups in total. The molecule has 0 radical (unpaired) electrons.